The van der Waals surface area contributed by atoms with E-state index >= 15 is 0 Å². The molecule has 0 aromatic carbocycles. The molecular weight excluding hydrogens is 230 g/mol. The van der Waals surface area contributed by atoms with Crippen molar-refractivity contribution in [1.82, 2.24) is 15.1 Å². The van der Waals surface area contributed by atoms with Crippen molar-refractivity contribution in [3.05, 3.63) is 22.4 Å². The zero-order valence-electron chi connectivity index (χ0n) is 10.7. The third kappa shape index (κ3) is 4.76. The SMILES string of the molecule is CN1CCCN(CCNCc2cccs2)CC1. The molecule has 1 aromatic rings. The van der Waals surface area contributed by atoms with Crippen molar-refractivity contribution in [3.63, 3.8) is 0 Å². The van der Waals surface area contributed by atoms with Gasteiger partial charge in [0, 0.05) is 37.6 Å². The molecule has 1 saturated heterocycles. The highest BCUT2D eigenvalue weighted by Crippen LogP contribution is 2.07. The lowest BCUT2D eigenvalue weighted by molar-refractivity contribution is 0.276. The summed E-state index contributed by atoms with van der Waals surface area (Å²) < 4.78 is 0. The average molecular weight is 253 g/mol. The molecule has 0 bridgehead atoms. The van der Waals surface area contributed by atoms with Gasteiger partial charge in [-0.15, -0.1) is 11.3 Å². The van der Waals surface area contributed by atoms with Crippen LogP contribution in [0.1, 0.15) is 11.3 Å². The van der Waals surface area contributed by atoms with Gasteiger partial charge in [0.1, 0.15) is 0 Å². The predicted molar refractivity (Wildman–Crippen MR) is 74.6 cm³/mol. The van der Waals surface area contributed by atoms with E-state index in [1.165, 1.54) is 44.0 Å². The Labute approximate surface area is 108 Å². The summed E-state index contributed by atoms with van der Waals surface area (Å²) in [6, 6.07) is 4.31. The van der Waals surface area contributed by atoms with E-state index in [1.54, 1.807) is 0 Å². The van der Waals surface area contributed by atoms with Gasteiger partial charge in [0.2, 0.25) is 0 Å². The fourth-order valence-electron chi connectivity index (χ4n) is 2.19. The van der Waals surface area contributed by atoms with Crippen molar-refractivity contribution in [2.45, 2.75) is 13.0 Å². The summed E-state index contributed by atoms with van der Waals surface area (Å²) in [6.45, 7) is 8.23. The molecule has 1 N–H and O–H groups in total. The highest BCUT2D eigenvalue weighted by atomic mass is 32.1. The topological polar surface area (TPSA) is 18.5 Å². The van der Waals surface area contributed by atoms with Crippen molar-refractivity contribution >= 4 is 11.3 Å². The zero-order valence-corrected chi connectivity index (χ0v) is 11.5. The van der Waals surface area contributed by atoms with Crippen molar-refractivity contribution < 1.29 is 0 Å². The molecule has 3 nitrogen and oxygen atoms in total. The second-order valence-electron chi connectivity index (χ2n) is 4.75. The number of nitrogens with one attached hydrogen (secondary N) is 1. The van der Waals surface area contributed by atoms with Crippen LogP contribution in [0.25, 0.3) is 0 Å². The van der Waals surface area contributed by atoms with Crippen LogP contribution in [0.5, 0.6) is 0 Å². The molecule has 2 heterocycles. The van der Waals surface area contributed by atoms with E-state index in [1.807, 2.05) is 11.3 Å². The van der Waals surface area contributed by atoms with Crippen LogP contribution in [0.2, 0.25) is 0 Å². The Morgan fingerprint density at radius 2 is 2.24 bits per heavy atom. The van der Waals surface area contributed by atoms with Gasteiger partial charge in [-0.1, -0.05) is 6.07 Å². The van der Waals surface area contributed by atoms with Crippen LogP contribution in [-0.4, -0.2) is 56.1 Å². The molecule has 0 amide bonds. The van der Waals surface area contributed by atoms with Gasteiger partial charge in [-0.05, 0) is 38.0 Å². The Morgan fingerprint density at radius 3 is 3.06 bits per heavy atom. The number of hydrogen-bond donors (Lipinski definition) is 1. The highest BCUT2D eigenvalue weighted by molar-refractivity contribution is 7.09. The first-order valence-corrected chi connectivity index (χ1v) is 7.36. The Balaban J connectivity index is 1.58. The minimum Gasteiger partial charge on any atom is -0.311 e. The van der Waals surface area contributed by atoms with Crippen LogP contribution in [0.4, 0.5) is 0 Å². The zero-order chi connectivity index (χ0) is 11.9. The number of likely N-dealkylation sites (N-methyl/N-ethyl adjacent to an activating group) is 1. The number of rotatable bonds is 5. The van der Waals surface area contributed by atoms with Crippen LogP contribution in [-0.2, 0) is 6.54 Å². The van der Waals surface area contributed by atoms with Crippen LogP contribution < -0.4 is 5.32 Å². The molecule has 96 valence electrons. The second kappa shape index (κ2) is 7.11. The monoisotopic (exact) mass is 253 g/mol. The molecule has 1 fully saturated rings. The molecule has 2 rings (SSSR count). The maximum Gasteiger partial charge on any atom is 0.0300 e. The van der Waals surface area contributed by atoms with Crippen LogP contribution in [0.15, 0.2) is 17.5 Å². The van der Waals surface area contributed by atoms with Crippen LogP contribution in [0, 0.1) is 0 Å². The smallest absolute Gasteiger partial charge is 0.0300 e. The second-order valence-corrected chi connectivity index (χ2v) is 5.79. The predicted octanol–water partition coefficient (Wildman–Crippen LogP) is 1.48. The maximum absolute atomic E-state index is 3.52. The molecule has 0 spiro atoms. The average Bonchev–Trinajstić information content (AvgIpc) is 2.75. The third-order valence-electron chi connectivity index (χ3n) is 3.30. The van der Waals surface area contributed by atoms with E-state index < -0.39 is 0 Å². The van der Waals surface area contributed by atoms with Gasteiger partial charge in [0.25, 0.3) is 0 Å². The summed E-state index contributed by atoms with van der Waals surface area (Å²) >= 11 is 1.83. The molecule has 0 atom stereocenters. The van der Waals surface area contributed by atoms with Crippen molar-refractivity contribution in [2.24, 2.45) is 0 Å². The third-order valence-corrected chi connectivity index (χ3v) is 4.17. The fourth-order valence-corrected chi connectivity index (χ4v) is 2.86. The first-order chi connectivity index (χ1) is 8.34. The minimum absolute atomic E-state index is 1.02. The van der Waals surface area contributed by atoms with Crippen LogP contribution >= 0.6 is 11.3 Å². The first-order valence-electron chi connectivity index (χ1n) is 6.48. The maximum atomic E-state index is 3.52. The van der Waals surface area contributed by atoms with E-state index in [0.29, 0.717) is 0 Å². The summed E-state index contributed by atoms with van der Waals surface area (Å²) in [5.41, 5.74) is 0. The lowest BCUT2D eigenvalue weighted by Gasteiger charge is -2.20. The van der Waals surface area contributed by atoms with E-state index in [4.69, 9.17) is 0 Å². The van der Waals surface area contributed by atoms with Gasteiger partial charge < -0.3 is 15.1 Å². The molecule has 1 aliphatic rings. The molecule has 17 heavy (non-hydrogen) atoms. The van der Waals surface area contributed by atoms with Gasteiger partial charge in [-0.3, -0.25) is 0 Å². The van der Waals surface area contributed by atoms with Gasteiger partial charge in [-0.25, -0.2) is 0 Å². The molecule has 0 saturated carbocycles. The lowest BCUT2D eigenvalue weighted by Crippen LogP contribution is -2.34. The molecule has 0 unspecified atom stereocenters. The Morgan fingerprint density at radius 1 is 1.29 bits per heavy atom. The van der Waals surface area contributed by atoms with Crippen LogP contribution in [0.3, 0.4) is 0 Å². The molecule has 1 aromatic heterocycles. The summed E-state index contributed by atoms with van der Waals surface area (Å²) in [6.07, 6.45) is 1.31. The van der Waals surface area contributed by atoms with E-state index in [-0.39, 0.29) is 0 Å². The van der Waals surface area contributed by atoms with E-state index in [0.717, 1.165) is 13.1 Å². The van der Waals surface area contributed by atoms with Gasteiger partial charge in [0.15, 0.2) is 0 Å². The van der Waals surface area contributed by atoms with Gasteiger partial charge >= 0.3 is 0 Å². The van der Waals surface area contributed by atoms with E-state index in [9.17, 15) is 0 Å². The number of thiophene rings is 1. The molecule has 1 aliphatic heterocycles. The number of nitrogens with zero attached hydrogens (tertiary/aromatic N) is 2. The largest absolute Gasteiger partial charge is 0.311 e. The van der Waals surface area contributed by atoms with Gasteiger partial charge in [-0.2, -0.15) is 0 Å². The molecule has 0 radical (unpaired) electrons. The van der Waals surface area contributed by atoms with Crippen molar-refractivity contribution in [3.8, 4) is 0 Å². The van der Waals surface area contributed by atoms with Gasteiger partial charge in [0.05, 0.1) is 0 Å². The standard InChI is InChI=1S/C13H23N3S/c1-15-6-3-7-16(10-9-15)8-5-14-12-13-4-2-11-17-13/h2,4,11,14H,3,5-10,12H2,1H3. The minimum atomic E-state index is 1.02. The quantitative estimate of drug-likeness (QED) is 0.802. The first kappa shape index (κ1) is 13.0. The molecular formula is C13H23N3S. The van der Waals surface area contributed by atoms with E-state index in [2.05, 4.69) is 39.7 Å². The summed E-state index contributed by atoms with van der Waals surface area (Å²) in [7, 11) is 2.22. The number of hydrogen-bond acceptors (Lipinski definition) is 4. The molecule has 0 aliphatic carbocycles. The summed E-state index contributed by atoms with van der Waals surface area (Å²) in [5.74, 6) is 0. The van der Waals surface area contributed by atoms with Crippen molar-refractivity contribution in [1.29, 1.82) is 0 Å². The fraction of sp³-hybridized carbons (Fsp3) is 0.692. The van der Waals surface area contributed by atoms with Crippen molar-refractivity contribution in [2.75, 3.05) is 46.3 Å². The lowest BCUT2D eigenvalue weighted by atomic mass is 10.4. The highest BCUT2D eigenvalue weighted by Gasteiger charge is 2.10. The Kier molecular flexibility index (Phi) is 5.45. The summed E-state index contributed by atoms with van der Waals surface area (Å²) in [4.78, 5) is 6.44. The molecule has 4 heteroatoms. The Hall–Kier alpha value is -0.420. The normalized spacial score (nSPS) is 19.4. The Bertz CT molecular complexity index is 300. The summed E-state index contributed by atoms with van der Waals surface area (Å²) in [5, 5.41) is 5.66.